The minimum absolute atomic E-state index is 0.462. The molecule has 0 aliphatic carbocycles. The molecule has 0 spiro atoms. The van der Waals surface area contributed by atoms with Crippen molar-refractivity contribution in [1.29, 1.82) is 0 Å². The predicted octanol–water partition coefficient (Wildman–Crippen LogP) is 4.46. The Morgan fingerprint density at radius 1 is 1.11 bits per heavy atom. The lowest BCUT2D eigenvalue weighted by atomic mass is 10.1. The topological polar surface area (TPSA) is 35.2 Å². The van der Waals surface area contributed by atoms with Gasteiger partial charge in [0.25, 0.3) is 0 Å². The molecule has 2 aromatic rings. The zero-order valence-electron chi connectivity index (χ0n) is 11.2. The summed E-state index contributed by atoms with van der Waals surface area (Å²) in [6, 6.07) is 11.8. The van der Waals surface area contributed by atoms with Crippen molar-refractivity contribution in [2.75, 3.05) is 0 Å². The molecule has 0 saturated carbocycles. The van der Waals surface area contributed by atoms with Crippen LogP contribution in [0.5, 0.6) is 11.5 Å². The smallest absolute Gasteiger partial charge is 0.132 e. The minimum Gasteiger partial charge on any atom is -0.457 e. The summed E-state index contributed by atoms with van der Waals surface area (Å²) in [6.07, 6.45) is 0.883. The molecule has 0 heterocycles. The number of nitrogens with two attached hydrogens (primary N) is 1. The first kappa shape index (κ1) is 13.9. The third kappa shape index (κ3) is 3.28. The molecule has 100 valence electrons. The highest BCUT2D eigenvalue weighted by atomic mass is 35.5. The summed E-state index contributed by atoms with van der Waals surface area (Å²) in [5, 5.41) is 0.776. The molecule has 0 fully saturated rings. The van der Waals surface area contributed by atoms with Crippen LogP contribution in [0.3, 0.4) is 0 Å². The lowest BCUT2D eigenvalue weighted by Crippen LogP contribution is -2.00. The summed E-state index contributed by atoms with van der Waals surface area (Å²) in [4.78, 5) is 0. The Balaban J connectivity index is 2.33. The van der Waals surface area contributed by atoms with Gasteiger partial charge in [0.2, 0.25) is 0 Å². The highest BCUT2D eigenvalue weighted by molar-refractivity contribution is 6.31. The number of hydrogen-bond acceptors (Lipinski definition) is 2. The van der Waals surface area contributed by atoms with Crippen LogP contribution < -0.4 is 10.5 Å². The SMILES string of the molecule is CCc1cc(Oc2cc(C)ccc2CN)ccc1Cl. The van der Waals surface area contributed by atoms with Crippen LogP contribution in [0.2, 0.25) is 5.02 Å². The number of ether oxygens (including phenoxy) is 1. The molecule has 2 aromatic carbocycles. The van der Waals surface area contributed by atoms with Gasteiger partial charge in [0, 0.05) is 17.1 Å². The van der Waals surface area contributed by atoms with Crippen molar-refractivity contribution in [2.24, 2.45) is 5.73 Å². The Morgan fingerprint density at radius 3 is 2.58 bits per heavy atom. The molecule has 19 heavy (non-hydrogen) atoms. The van der Waals surface area contributed by atoms with E-state index in [1.54, 1.807) is 0 Å². The predicted molar refractivity (Wildman–Crippen MR) is 80.0 cm³/mol. The molecular formula is C16H18ClNO. The lowest BCUT2D eigenvalue weighted by Gasteiger charge is -2.12. The van der Waals surface area contributed by atoms with Crippen molar-refractivity contribution in [2.45, 2.75) is 26.8 Å². The molecule has 0 aliphatic heterocycles. The van der Waals surface area contributed by atoms with Crippen LogP contribution in [0.25, 0.3) is 0 Å². The fraction of sp³-hybridized carbons (Fsp3) is 0.250. The van der Waals surface area contributed by atoms with Crippen LogP contribution in [-0.4, -0.2) is 0 Å². The van der Waals surface area contributed by atoms with E-state index in [0.29, 0.717) is 6.54 Å². The Morgan fingerprint density at radius 2 is 1.89 bits per heavy atom. The van der Waals surface area contributed by atoms with Gasteiger partial charge in [-0.3, -0.25) is 0 Å². The summed E-state index contributed by atoms with van der Waals surface area (Å²) < 4.78 is 5.94. The van der Waals surface area contributed by atoms with Crippen molar-refractivity contribution in [3.05, 3.63) is 58.1 Å². The lowest BCUT2D eigenvalue weighted by molar-refractivity contribution is 0.475. The molecule has 0 radical (unpaired) electrons. The van der Waals surface area contributed by atoms with Crippen LogP contribution in [-0.2, 0) is 13.0 Å². The first-order valence-electron chi connectivity index (χ1n) is 6.40. The molecule has 0 aromatic heterocycles. The monoisotopic (exact) mass is 275 g/mol. The Labute approximate surface area is 119 Å². The standard InChI is InChI=1S/C16H18ClNO/c1-3-12-9-14(6-7-15(12)17)19-16-8-11(2)4-5-13(16)10-18/h4-9H,3,10,18H2,1-2H3. The summed E-state index contributed by atoms with van der Waals surface area (Å²) in [7, 11) is 0. The zero-order chi connectivity index (χ0) is 13.8. The molecule has 0 amide bonds. The van der Waals surface area contributed by atoms with Crippen molar-refractivity contribution in [3.8, 4) is 11.5 Å². The summed E-state index contributed by atoms with van der Waals surface area (Å²) >= 11 is 6.11. The first-order chi connectivity index (χ1) is 9.13. The number of rotatable bonds is 4. The van der Waals surface area contributed by atoms with Gasteiger partial charge in [0.1, 0.15) is 11.5 Å². The largest absolute Gasteiger partial charge is 0.457 e. The van der Waals surface area contributed by atoms with E-state index in [0.717, 1.165) is 39.6 Å². The highest BCUT2D eigenvalue weighted by Gasteiger charge is 2.06. The van der Waals surface area contributed by atoms with E-state index >= 15 is 0 Å². The van der Waals surface area contributed by atoms with E-state index in [4.69, 9.17) is 22.1 Å². The summed E-state index contributed by atoms with van der Waals surface area (Å²) in [5.41, 5.74) is 8.97. The number of aryl methyl sites for hydroxylation is 2. The second-order valence-corrected chi connectivity index (χ2v) is 4.93. The molecule has 2 rings (SSSR count). The molecule has 3 heteroatoms. The van der Waals surface area contributed by atoms with E-state index < -0.39 is 0 Å². The van der Waals surface area contributed by atoms with Crippen LogP contribution >= 0.6 is 11.6 Å². The van der Waals surface area contributed by atoms with Crippen LogP contribution in [0.15, 0.2) is 36.4 Å². The fourth-order valence-corrected chi connectivity index (χ4v) is 2.19. The summed E-state index contributed by atoms with van der Waals surface area (Å²) in [5.74, 6) is 1.61. The maximum absolute atomic E-state index is 6.11. The van der Waals surface area contributed by atoms with E-state index in [-0.39, 0.29) is 0 Å². The van der Waals surface area contributed by atoms with Crippen LogP contribution in [0.4, 0.5) is 0 Å². The van der Waals surface area contributed by atoms with Gasteiger partial charge in [-0.15, -0.1) is 0 Å². The average Bonchev–Trinajstić information content (AvgIpc) is 2.41. The molecule has 0 atom stereocenters. The third-order valence-corrected chi connectivity index (χ3v) is 3.44. The van der Waals surface area contributed by atoms with Crippen molar-refractivity contribution < 1.29 is 4.74 Å². The minimum atomic E-state index is 0.462. The van der Waals surface area contributed by atoms with Crippen molar-refractivity contribution in [3.63, 3.8) is 0 Å². The van der Waals surface area contributed by atoms with Gasteiger partial charge in [-0.05, 0) is 48.7 Å². The van der Waals surface area contributed by atoms with E-state index in [1.165, 1.54) is 0 Å². The second-order valence-electron chi connectivity index (χ2n) is 4.52. The molecule has 0 bridgehead atoms. The molecular weight excluding hydrogens is 258 g/mol. The maximum atomic E-state index is 6.11. The van der Waals surface area contributed by atoms with Gasteiger partial charge >= 0.3 is 0 Å². The van der Waals surface area contributed by atoms with Gasteiger partial charge in [-0.25, -0.2) is 0 Å². The van der Waals surface area contributed by atoms with Gasteiger partial charge in [-0.1, -0.05) is 30.7 Å². The Hall–Kier alpha value is -1.51. The van der Waals surface area contributed by atoms with Crippen molar-refractivity contribution >= 4 is 11.6 Å². The maximum Gasteiger partial charge on any atom is 0.132 e. The molecule has 0 saturated heterocycles. The first-order valence-corrected chi connectivity index (χ1v) is 6.77. The zero-order valence-corrected chi connectivity index (χ0v) is 12.0. The van der Waals surface area contributed by atoms with Crippen molar-refractivity contribution in [1.82, 2.24) is 0 Å². The molecule has 0 aliphatic rings. The number of hydrogen-bond donors (Lipinski definition) is 1. The normalized spacial score (nSPS) is 10.5. The Kier molecular flexibility index (Phi) is 4.46. The molecule has 2 nitrogen and oxygen atoms in total. The van der Waals surface area contributed by atoms with Crippen LogP contribution in [0.1, 0.15) is 23.6 Å². The fourth-order valence-electron chi connectivity index (χ4n) is 1.94. The average molecular weight is 276 g/mol. The van der Waals surface area contributed by atoms with E-state index in [9.17, 15) is 0 Å². The van der Waals surface area contributed by atoms with Gasteiger partial charge in [0.15, 0.2) is 0 Å². The Bertz CT molecular complexity index is 581. The highest BCUT2D eigenvalue weighted by Crippen LogP contribution is 2.29. The van der Waals surface area contributed by atoms with E-state index in [2.05, 4.69) is 6.92 Å². The van der Waals surface area contributed by atoms with Gasteiger partial charge in [0.05, 0.1) is 0 Å². The quantitative estimate of drug-likeness (QED) is 0.894. The third-order valence-electron chi connectivity index (χ3n) is 3.07. The van der Waals surface area contributed by atoms with Gasteiger partial charge in [-0.2, -0.15) is 0 Å². The number of halogens is 1. The van der Waals surface area contributed by atoms with Crippen LogP contribution in [0, 0.1) is 6.92 Å². The van der Waals surface area contributed by atoms with Gasteiger partial charge < -0.3 is 10.5 Å². The summed E-state index contributed by atoms with van der Waals surface area (Å²) in [6.45, 7) is 4.57. The number of benzene rings is 2. The second kappa shape index (κ2) is 6.09. The van der Waals surface area contributed by atoms with E-state index in [1.807, 2.05) is 43.3 Å². The molecule has 0 unspecified atom stereocenters. The molecule has 2 N–H and O–H groups in total.